The van der Waals surface area contributed by atoms with E-state index in [1.807, 2.05) is 57.8 Å². The van der Waals surface area contributed by atoms with Crippen LogP contribution < -0.4 is 0 Å². The minimum absolute atomic E-state index is 0.981. The van der Waals surface area contributed by atoms with E-state index in [0.717, 1.165) is 11.0 Å². The van der Waals surface area contributed by atoms with Crippen molar-refractivity contribution in [3.8, 4) is 0 Å². The zero-order valence-electron chi connectivity index (χ0n) is 9.65. The molecule has 78 valence electrons. The number of fused-ring (bicyclic) bond motifs is 1. The Balaban J connectivity index is 0.000000379. The maximum Gasteiger partial charge on any atom is 0.143 e. The second-order valence-electron chi connectivity index (χ2n) is 2.23. The molecule has 0 spiro atoms. The van der Waals surface area contributed by atoms with E-state index in [-0.39, 0.29) is 0 Å². The van der Waals surface area contributed by atoms with E-state index in [1.165, 1.54) is 0 Å². The van der Waals surface area contributed by atoms with Gasteiger partial charge in [-0.05, 0) is 6.07 Å². The Kier molecular flexibility index (Phi) is 6.37. The van der Waals surface area contributed by atoms with Crippen LogP contribution in [0.15, 0.2) is 24.8 Å². The van der Waals surface area contributed by atoms with Crippen molar-refractivity contribution in [2.75, 3.05) is 0 Å². The zero-order chi connectivity index (χ0) is 11.0. The first-order chi connectivity index (χ1) is 6.88. The van der Waals surface area contributed by atoms with Crippen molar-refractivity contribution < 1.29 is 0 Å². The summed E-state index contributed by atoms with van der Waals surface area (Å²) in [7, 11) is 1.97. The molecule has 0 fully saturated rings. The lowest BCUT2D eigenvalue weighted by molar-refractivity contribution is 0.943. The van der Waals surface area contributed by atoms with Crippen molar-refractivity contribution in [3.63, 3.8) is 0 Å². The summed E-state index contributed by atoms with van der Waals surface area (Å²) in [5, 5.41) is 1.09. The highest BCUT2D eigenvalue weighted by atomic mass is 15.0. The molecule has 0 unspecified atom stereocenters. The fourth-order valence-electron chi connectivity index (χ4n) is 1.01. The summed E-state index contributed by atoms with van der Waals surface area (Å²) in [4.78, 5) is 7.99. The van der Waals surface area contributed by atoms with Gasteiger partial charge in [0.2, 0.25) is 0 Å². The van der Waals surface area contributed by atoms with E-state index < -0.39 is 0 Å². The van der Waals surface area contributed by atoms with Gasteiger partial charge in [-0.25, -0.2) is 9.97 Å². The van der Waals surface area contributed by atoms with Crippen LogP contribution in [0.25, 0.3) is 11.0 Å². The van der Waals surface area contributed by atoms with Crippen molar-refractivity contribution in [2.45, 2.75) is 27.7 Å². The molecular weight excluding hydrogens is 174 g/mol. The maximum absolute atomic E-state index is 4.09. The highest BCUT2D eigenvalue weighted by Gasteiger charge is 1.94. The predicted octanol–water partition coefficient (Wildman–Crippen LogP) is 3.02. The Hall–Kier alpha value is -1.38. The van der Waals surface area contributed by atoms with Crippen LogP contribution in [0.3, 0.4) is 0 Å². The summed E-state index contributed by atoms with van der Waals surface area (Å²) in [5.41, 5.74) is 0.981. The molecule has 0 saturated heterocycles. The van der Waals surface area contributed by atoms with Crippen molar-refractivity contribution in [3.05, 3.63) is 24.8 Å². The van der Waals surface area contributed by atoms with Crippen LogP contribution in [0.1, 0.15) is 27.7 Å². The van der Waals surface area contributed by atoms with Crippen LogP contribution in [0, 0.1) is 0 Å². The van der Waals surface area contributed by atoms with Crippen LogP contribution >= 0.6 is 0 Å². The fraction of sp³-hybridized carbons (Fsp3) is 0.455. The van der Waals surface area contributed by atoms with E-state index >= 15 is 0 Å². The number of aryl methyl sites for hydroxylation is 1. The van der Waals surface area contributed by atoms with Gasteiger partial charge in [-0.3, -0.25) is 0 Å². The average molecular weight is 193 g/mol. The lowest BCUT2D eigenvalue weighted by atomic mass is 10.4. The second kappa shape index (κ2) is 7.06. The lowest BCUT2D eigenvalue weighted by Gasteiger charge is -1.90. The van der Waals surface area contributed by atoms with Crippen LogP contribution in [-0.2, 0) is 7.05 Å². The standard InChI is InChI=1S/C7H7N3.2C2H6/c1-10-3-2-6-4-8-5-9-7(6)10;2*1-2/h2-5H,1H3;2*1-2H3. The molecule has 0 saturated carbocycles. The Morgan fingerprint density at radius 3 is 2.36 bits per heavy atom. The fourth-order valence-corrected chi connectivity index (χ4v) is 1.01. The summed E-state index contributed by atoms with van der Waals surface area (Å²) in [6, 6.07) is 2.00. The van der Waals surface area contributed by atoms with Gasteiger partial charge in [0, 0.05) is 24.8 Å². The average Bonchev–Trinajstić information content (AvgIpc) is 2.67. The van der Waals surface area contributed by atoms with E-state index in [2.05, 4.69) is 9.97 Å². The molecule has 0 N–H and O–H groups in total. The topological polar surface area (TPSA) is 30.7 Å². The second-order valence-corrected chi connectivity index (χ2v) is 2.23. The molecule has 0 amide bonds. The molecule has 2 aromatic heterocycles. The molecule has 0 bridgehead atoms. The van der Waals surface area contributed by atoms with Crippen LogP contribution in [-0.4, -0.2) is 14.5 Å². The van der Waals surface area contributed by atoms with E-state index in [1.54, 1.807) is 6.33 Å². The Labute approximate surface area is 85.8 Å². The molecule has 2 heterocycles. The molecule has 3 nitrogen and oxygen atoms in total. The molecule has 2 aromatic rings. The van der Waals surface area contributed by atoms with E-state index in [9.17, 15) is 0 Å². The van der Waals surface area contributed by atoms with Crippen LogP contribution in [0.4, 0.5) is 0 Å². The first-order valence-corrected chi connectivity index (χ1v) is 5.09. The number of rotatable bonds is 0. The van der Waals surface area contributed by atoms with Crippen molar-refractivity contribution >= 4 is 11.0 Å². The van der Waals surface area contributed by atoms with Gasteiger partial charge in [-0.2, -0.15) is 0 Å². The number of nitrogens with zero attached hydrogens (tertiary/aromatic N) is 3. The van der Waals surface area contributed by atoms with E-state index in [0.29, 0.717) is 0 Å². The SMILES string of the molecule is CC.CC.Cn1ccc2cncnc21. The lowest BCUT2D eigenvalue weighted by Crippen LogP contribution is -1.86. The molecule has 3 heteroatoms. The zero-order valence-corrected chi connectivity index (χ0v) is 9.65. The van der Waals surface area contributed by atoms with Gasteiger partial charge in [0.1, 0.15) is 12.0 Å². The van der Waals surface area contributed by atoms with Gasteiger partial charge < -0.3 is 4.57 Å². The number of hydrogen-bond donors (Lipinski definition) is 0. The summed E-state index contributed by atoms with van der Waals surface area (Å²) < 4.78 is 1.97. The predicted molar refractivity (Wildman–Crippen MR) is 61.2 cm³/mol. The van der Waals surface area contributed by atoms with Crippen LogP contribution in [0.5, 0.6) is 0 Å². The Morgan fingerprint density at radius 1 is 1.14 bits per heavy atom. The third-order valence-electron chi connectivity index (χ3n) is 1.53. The van der Waals surface area contributed by atoms with E-state index in [4.69, 9.17) is 0 Å². The summed E-state index contributed by atoms with van der Waals surface area (Å²) in [6.07, 6.45) is 5.34. The summed E-state index contributed by atoms with van der Waals surface area (Å²) in [6.45, 7) is 8.00. The van der Waals surface area contributed by atoms with Gasteiger partial charge >= 0.3 is 0 Å². The molecule has 0 aliphatic heterocycles. The molecular formula is C11H19N3. The first kappa shape index (κ1) is 12.6. The van der Waals surface area contributed by atoms with Gasteiger partial charge in [0.15, 0.2) is 0 Å². The molecule has 0 atom stereocenters. The highest BCUT2D eigenvalue weighted by Crippen LogP contribution is 2.07. The third kappa shape index (κ3) is 2.83. The quantitative estimate of drug-likeness (QED) is 0.644. The summed E-state index contributed by atoms with van der Waals surface area (Å²) in [5.74, 6) is 0. The van der Waals surface area contributed by atoms with Crippen molar-refractivity contribution in [1.82, 2.24) is 14.5 Å². The molecule has 0 aliphatic rings. The Bertz CT molecular complexity index is 352. The third-order valence-corrected chi connectivity index (χ3v) is 1.53. The van der Waals surface area contributed by atoms with Gasteiger partial charge in [0.25, 0.3) is 0 Å². The van der Waals surface area contributed by atoms with Crippen molar-refractivity contribution in [1.29, 1.82) is 0 Å². The molecule has 2 rings (SSSR count). The normalized spacial score (nSPS) is 8.36. The molecule has 0 aliphatic carbocycles. The highest BCUT2D eigenvalue weighted by molar-refractivity contribution is 5.74. The van der Waals surface area contributed by atoms with Crippen molar-refractivity contribution in [2.24, 2.45) is 7.05 Å². The summed E-state index contributed by atoms with van der Waals surface area (Å²) >= 11 is 0. The molecule has 0 radical (unpaired) electrons. The molecule has 14 heavy (non-hydrogen) atoms. The Morgan fingerprint density at radius 2 is 1.79 bits per heavy atom. The van der Waals surface area contributed by atoms with Gasteiger partial charge in [0.05, 0.1) is 0 Å². The largest absolute Gasteiger partial charge is 0.335 e. The minimum atomic E-state index is 0.981. The van der Waals surface area contributed by atoms with Gasteiger partial charge in [-0.15, -0.1) is 0 Å². The van der Waals surface area contributed by atoms with Crippen LogP contribution in [0.2, 0.25) is 0 Å². The molecule has 0 aromatic carbocycles. The maximum atomic E-state index is 4.09. The number of hydrogen-bond acceptors (Lipinski definition) is 2. The van der Waals surface area contributed by atoms with Gasteiger partial charge in [-0.1, -0.05) is 27.7 Å². The minimum Gasteiger partial charge on any atom is -0.335 e. The smallest absolute Gasteiger partial charge is 0.143 e. The first-order valence-electron chi connectivity index (χ1n) is 5.09. The number of aromatic nitrogens is 3. The monoisotopic (exact) mass is 193 g/mol.